The third-order valence-electron chi connectivity index (χ3n) is 5.84. The van der Waals surface area contributed by atoms with Crippen molar-refractivity contribution in [2.24, 2.45) is 0 Å². The van der Waals surface area contributed by atoms with Crippen LogP contribution in [0.4, 0.5) is 0 Å². The van der Waals surface area contributed by atoms with Gasteiger partial charge in [0.25, 0.3) is 0 Å². The van der Waals surface area contributed by atoms with Crippen molar-refractivity contribution in [3.8, 4) is 0 Å². The second-order valence-corrected chi connectivity index (χ2v) is 9.11. The van der Waals surface area contributed by atoms with E-state index in [1.807, 2.05) is 41.8 Å². The van der Waals surface area contributed by atoms with E-state index in [0.29, 0.717) is 24.4 Å². The van der Waals surface area contributed by atoms with E-state index >= 15 is 0 Å². The van der Waals surface area contributed by atoms with Crippen molar-refractivity contribution in [1.29, 1.82) is 0 Å². The van der Waals surface area contributed by atoms with Gasteiger partial charge in [-0.3, -0.25) is 9.59 Å². The highest BCUT2D eigenvalue weighted by atomic mass is 32.1. The van der Waals surface area contributed by atoms with Gasteiger partial charge in [-0.15, -0.1) is 16.4 Å². The number of ether oxygens (including phenoxy) is 1. The summed E-state index contributed by atoms with van der Waals surface area (Å²) in [6.07, 6.45) is 3.24. The molecular weight excluding hydrogens is 454 g/mol. The first-order chi connectivity index (χ1) is 16.7. The molecule has 1 aliphatic heterocycles. The van der Waals surface area contributed by atoms with Crippen molar-refractivity contribution in [2.45, 2.75) is 38.1 Å². The second-order valence-electron chi connectivity index (χ2n) is 8.13. The number of aromatic nitrogens is 3. The van der Waals surface area contributed by atoms with E-state index in [4.69, 9.17) is 9.15 Å². The first-order valence-corrected chi connectivity index (χ1v) is 12.1. The number of furan rings is 1. The van der Waals surface area contributed by atoms with Crippen LogP contribution in [0.2, 0.25) is 0 Å². The predicted octanol–water partition coefficient (Wildman–Crippen LogP) is 3.15. The molecule has 0 bridgehead atoms. The Bertz CT molecular complexity index is 1230. The maximum absolute atomic E-state index is 13.7. The van der Waals surface area contributed by atoms with E-state index in [1.54, 1.807) is 28.0 Å². The van der Waals surface area contributed by atoms with Gasteiger partial charge >= 0.3 is 0 Å². The molecular formula is C24H25N5O4S. The molecule has 1 aromatic carbocycles. The minimum absolute atomic E-state index is 0.0272. The predicted molar refractivity (Wildman–Crippen MR) is 126 cm³/mol. The summed E-state index contributed by atoms with van der Waals surface area (Å²) in [4.78, 5) is 29.6. The van der Waals surface area contributed by atoms with Crippen molar-refractivity contribution >= 4 is 34.2 Å². The molecule has 5 rings (SSSR count). The lowest BCUT2D eigenvalue weighted by atomic mass is 10.1. The highest BCUT2D eigenvalue weighted by molar-refractivity contribution is 7.10. The number of nitrogens with zero attached hydrogens (tertiary/aromatic N) is 4. The van der Waals surface area contributed by atoms with E-state index in [9.17, 15) is 9.59 Å². The SMILES string of the molecule is O=C(NCc1ccco1)[C@@H](c1cccs1)N(C[C@@H]1CCCO1)C(=O)Cn1nnc2ccccc21. The van der Waals surface area contributed by atoms with Gasteiger partial charge in [-0.1, -0.05) is 23.4 Å². The quantitative estimate of drug-likeness (QED) is 0.396. The Morgan fingerprint density at radius 3 is 2.88 bits per heavy atom. The van der Waals surface area contributed by atoms with Crippen molar-refractivity contribution in [3.63, 3.8) is 0 Å². The summed E-state index contributed by atoms with van der Waals surface area (Å²) in [7, 11) is 0. The molecule has 9 nitrogen and oxygen atoms in total. The van der Waals surface area contributed by atoms with Crippen molar-refractivity contribution in [1.82, 2.24) is 25.2 Å². The third kappa shape index (κ3) is 4.87. The zero-order chi connectivity index (χ0) is 23.3. The van der Waals surface area contributed by atoms with Crippen LogP contribution >= 0.6 is 11.3 Å². The summed E-state index contributed by atoms with van der Waals surface area (Å²) in [6, 6.07) is 14.0. The van der Waals surface area contributed by atoms with Gasteiger partial charge in [-0.2, -0.15) is 0 Å². The van der Waals surface area contributed by atoms with Crippen LogP contribution in [0.25, 0.3) is 11.0 Å². The van der Waals surface area contributed by atoms with Gasteiger partial charge in [-0.25, -0.2) is 4.68 Å². The van der Waals surface area contributed by atoms with E-state index < -0.39 is 6.04 Å². The van der Waals surface area contributed by atoms with E-state index in [-0.39, 0.29) is 31.0 Å². The Hall–Kier alpha value is -3.50. The number of hydrogen-bond donors (Lipinski definition) is 1. The lowest BCUT2D eigenvalue weighted by molar-refractivity contribution is -0.143. The van der Waals surface area contributed by atoms with Crippen molar-refractivity contribution in [3.05, 3.63) is 70.8 Å². The van der Waals surface area contributed by atoms with Crippen LogP contribution in [0.5, 0.6) is 0 Å². The van der Waals surface area contributed by atoms with Gasteiger partial charge in [0, 0.05) is 18.0 Å². The summed E-state index contributed by atoms with van der Waals surface area (Å²) in [5.41, 5.74) is 1.48. The molecule has 176 valence electrons. The number of fused-ring (bicyclic) bond motifs is 1. The van der Waals surface area contributed by atoms with Crippen LogP contribution in [0.1, 0.15) is 29.5 Å². The van der Waals surface area contributed by atoms with Crippen molar-refractivity contribution in [2.75, 3.05) is 13.2 Å². The Balaban J connectivity index is 1.43. The molecule has 0 saturated carbocycles. The first-order valence-electron chi connectivity index (χ1n) is 11.2. The molecule has 0 unspecified atom stereocenters. The number of rotatable bonds is 9. The van der Waals surface area contributed by atoms with Crippen LogP contribution in [0, 0.1) is 0 Å². The molecule has 0 spiro atoms. The third-order valence-corrected chi connectivity index (χ3v) is 6.76. The molecule has 4 aromatic rings. The molecule has 10 heteroatoms. The lowest BCUT2D eigenvalue weighted by Gasteiger charge is -2.32. The fraction of sp³-hybridized carbons (Fsp3) is 0.333. The number of nitrogens with one attached hydrogen (secondary N) is 1. The smallest absolute Gasteiger partial charge is 0.248 e. The van der Waals surface area contributed by atoms with Crippen LogP contribution in [0.15, 0.2) is 64.6 Å². The Morgan fingerprint density at radius 1 is 1.21 bits per heavy atom. The van der Waals surface area contributed by atoms with Crippen LogP contribution in [0.3, 0.4) is 0 Å². The molecule has 0 aliphatic carbocycles. The number of carbonyl (C=O) groups excluding carboxylic acids is 2. The number of para-hydroxylation sites is 1. The molecule has 0 radical (unpaired) electrons. The highest BCUT2D eigenvalue weighted by Gasteiger charge is 2.35. The maximum atomic E-state index is 13.7. The first kappa shape index (κ1) is 22.3. The molecule has 1 saturated heterocycles. The van der Waals surface area contributed by atoms with Gasteiger partial charge in [0.1, 0.15) is 23.9 Å². The average molecular weight is 480 g/mol. The molecule has 2 atom stereocenters. The van der Waals surface area contributed by atoms with Crippen LogP contribution in [-0.4, -0.2) is 51.0 Å². The monoisotopic (exact) mass is 479 g/mol. The highest BCUT2D eigenvalue weighted by Crippen LogP contribution is 2.28. The summed E-state index contributed by atoms with van der Waals surface area (Å²) in [5, 5.41) is 13.1. The lowest BCUT2D eigenvalue weighted by Crippen LogP contribution is -2.47. The van der Waals surface area contributed by atoms with Gasteiger partial charge < -0.3 is 19.4 Å². The minimum atomic E-state index is -0.790. The number of benzene rings is 1. The van der Waals surface area contributed by atoms with Crippen molar-refractivity contribution < 1.29 is 18.7 Å². The maximum Gasteiger partial charge on any atom is 0.248 e. The summed E-state index contributed by atoms with van der Waals surface area (Å²) in [6.45, 7) is 1.20. The fourth-order valence-electron chi connectivity index (χ4n) is 4.17. The molecule has 4 heterocycles. The second kappa shape index (κ2) is 10.2. The van der Waals surface area contributed by atoms with Gasteiger partial charge in [-0.05, 0) is 48.6 Å². The molecule has 34 heavy (non-hydrogen) atoms. The molecule has 1 aliphatic rings. The van der Waals surface area contributed by atoms with Gasteiger partial charge in [0.2, 0.25) is 11.8 Å². The number of hydrogen-bond acceptors (Lipinski definition) is 7. The zero-order valence-corrected chi connectivity index (χ0v) is 19.3. The number of thiophene rings is 1. The standard InChI is InChI=1S/C24H25N5O4S/c30-22(16-29-20-9-2-1-8-19(20)26-27-29)28(15-18-7-4-12-33-18)23(21-10-5-13-34-21)24(31)25-14-17-6-3-11-32-17/h1-3,5-6,8-11,13,18,23H,4,7,12,14-16H2,(H,25,31)/t18-,23+/m0/s1. The van der Waals surface area contributed by atoms with E-state index in [1.165, 1.54) is 11.3 Å². The summed E-state index contributed by atoms with van der Waals surface area (Å²) in [5.74, 6) is 0.149. The van der Waals surface area contributed by atoms with E-state index in [0.717, 1.165) is 23.2 Å². The van der Waals surface area contributed by atoms with Gasteiger partial charge in [0.15, 0.2) is 0 Å². The minimum Gasteiger partial charge on any atom is -0.467 e. The normalized spacial score (nSPS) is 16.5. The van der Waals surface area contributed by atoms with Gasteiger partial charge in [0.05, 0.1) is 24.4 Å². The summed E-state index contributed by atoms with van der Waals surface area (Å²) < 4.78 is 12.8. The fourth-order valence-corrected chi connectivity index (χ4v) is 5.00. The van der Waals surface area contributed by atoms with Crippen LogP contribution in [-0.2, 0) is 27.4 Å². The largest absolute Gasteiger partial charge is 0.467 e. The molecule has 1 N–H and O–H groups in total. The number of amides is 2. The molecule has 2 amide bonds. The average Bonchev–Trinajstić information content (AvgIpc) is 3.66. The zero-order valence-electron chi connectivity index (χ0n) is 18.5. The Morgan fingerprint density at radius 2 is 2.12 bits per heavy atom. The van der Waals surface area contributed by atoms with Crippen LogP contribution < -0.4 is 5.32 Å². The Labute approximate surface area is 200 Å². The number of carbonyl (C=O) groups is 2. The summed E-state index contributed by atoms with van der Waals surface area (Å²) >= 11 is 1.44. The Kier molecular flexibility index (Phi) is 6.68. The molecule has 3 aromatic heterocycles. The molecule has 1 fully saturated rings. The topological polar surface area (TPSA) is 102 Å². The van der Waals surface area contributed by atoms with E-state index in [2.05, 4.69) is 15.6 Å².